The van der Waals surface area contributed by atoms with Crippen LogP contribution in [0.1, 0.15) is 67.6 Å². The van der Waals surface area contributed by atoms with Crippen molar-refractivity contribution in [3.05, 3.63) is 70.8 Å². The van der Waals surface area contributed by atoms with E-state index in [1.807, 2.05) is 40.1 Å². The molecule has 0 saturated carbocycles. The largest absolute Gasteiger partial charge is 0.339 e. The summed E-state index contributed by atoms with van der Waals surface area (Å²) < 4.78 is 0. The summed E-state index contributed by atoms with van der Waals surface area (Å²) in [6.45, 7) is 14.2. The predicted octanol–water partition coefficient (Wildman–Crippen LogP) is 4.25. The van der Waals surface area contributed by atoms with E-state index in [4.69, 9.17) is 0 Å². The summed E-state index contributed by atoms with van der Waals surface area (Å²) in [5.74, 6) is 0.347. The van der Waals surface area contributed by atoms with Gasteiger partial charge in [-0.25, -0.2) is 0 Å². The van der Waals surface area contributed by atoms with Crippen LogP contribution in [0.2, 0.25) is 0 Å². The van der Waals surface area contributed by atoms with E-state index in [9.17, 15) is 9.59 Å². The van der Waals surface area contributed by atoms with Gasteiger partial charge >= 0.3 is 0 Å². The molecule has 0 bridgehead atoms. The first-order chi connectivity index (χ1) is 16.6. The monoisotopic (exact) mass is 473 g/mol. The number of hydrogen-bond donors (Lipinski definition) is 0. The van der Waals surface area contributed by atoms with E-state index in [1.165, 1.54) is 24.0 Å². The third-order valence-electron chi connectivity index (χ3n) is 8.63. The van der Waals surface area contributed by atoms with Crippen LogP contribution in [0.3, 0.4) is 0 Å². The molecule has 5 rings (SSSR count). The number of hydrogen-bond acceptors (Lipinski definition) is 3. The van der Waals surface area contributed by atoms with Gasteiger partial charge in [0.15, 0.2) is 0 Å². The van der Waals surface area contributed by atoms with Crippen LogP contribution in [0, 0.1) is 0 Å². The van der Waals surface area contributed by atoms with Gasteiger partial charge in [-0.1, -0.05) is 64.1 Å². The number of amides is 2. The zero-order valence-electron chi connectivity index (χ0n) is 21.7. The van der Waals surface area contributed by atoms with Gasteiger partial charge in [0.2, 0.25) is 5.91 Å². The van der Waals surface area contributed by atoms with E-state index >= 15 is 0 Å². The molecule has 2 amide bonds. The van der Waals surface area contributed by atoms with Gasteiger partial charge in [-0.2, -0.15) is 0 Å². The third-order valence-corrected chi connectivity index (χ3v) is 8.63. The van der Waals surface area contributed by atoms with Crippen LogP contribution in [0.4, 0.5) is 0 Å². The molecule has 2 aromatic carbocycles. The van der Waals surface area contributed by atoms with Crippen LogP contribution in [0.15, 0.2) is 48.5 Å². The molecule has 0 atom stereocenters. The zero-order chi connectivity index (χ0) is 24.8. The van der Waals surface area contributed by atoms with Gasteiger partial charge in [-0.15, -0.1) is 0 Å². The average molecular weight is 474 g/mol. The Labute approximate surface area is 210 Å². The minimum Gasteiger partial charge on any atom is -0.339 e. The molecule has 35 heavy (non-hydrogen) atoms. The molecule has 1 aliphatic carbocycles. The minimum absolute atomic E-state index is 0.118. The second kappa shape index (κ2) is 9.09. The number of nitrogens with zero attached hydrogens (tertiary/aromatic N) is 3. The molecule has 3 aliphatic rings. The number of carbonyl (C=O) groups excluding carboxylic acids is 2. The van der Waals surface area contributed by atoms with Crippen LogP contribution in [-0.4, -0.2) is 71.8 Å². The van der Waals surface area contributed by atoms with Crippen molar-refractivity contribution in [1.82, 2.24) is 14.7 Å². The highest BCUT2D eigenvalue weighted by Gasteiger charge is 2.38. The molecule has 2 fully saturated rings. The molecule has 0 aromatic heterocycles. The fourth-order valence-electron chi connectivity index (χ4n) is 5.98. The average Bonchev–Trinajstić information content (AvgIpc) is 2.82. The van der Waals surface area contributed by atoms with Crippen molar-refractivity contribution >= 4 is 11.8 Å². The zero-order valence-corrected chi connectivity index (χ0v) is 21.7. The van der Waals surface area contributed by atoms with Crippen molar-refractivity contribution in [3.63, 3.8) is 0 Å². The second-order valence-corrected chi connectivity index (χ2v) is 12.0. The first kappa shape index (κ1) is 24.1. The molecule has 5 heteroatoms. The molecule has 0 spiro atoms. The molecule has 0 N–H and O–H groups in total. The Balaban J connectivity index is 1.13. The maximum Gasteiger partial charge on any atom is 0.253 e. The summed E-state index contributed by atoms with van der Waals surface area (Å²) in [6.07, 6.45) is 2.87. The Bertz CT molecular complexity index is 1090. The maximum atomic E-state index is 13.0. The summed E-state index contributed by atoms with van der Waals surface area (Å²) >= 11 is 0. The fraction of sp³-hybridized carbons (Fsp3) is 0.533. The number of fused-ring (bicyclic) bond motifs is 1. The number of benzene rings is 2. The van der Waals surface area contributed by atoms with Crippen LogP contribution in [0.5, 0.6) is 0 Å². The molecule has 2 saturated heterocycles. The smallest absolute Gasteiger partial charge is 0.253 e. The van der Waals surface area contributed by atoms with Crippen molar-refractivity contribution in [1.29, 1.82) is 0 Å². The first-order valence-electron chi connectivity index (χ1n) is 13.1. The van der Waals surface area contributed by atoms with E-state index in [2.05, 4.69) is 50.8 Å². The van der Waals surface area contributed by atoms with Gasteiger partial charge in [-0.3, -0.25) is 14.5 Å². The number of rotatable bonds is 4. The van der Waals surface area contributed by atoms with Crippen molar-refractivity contribution < 1.29 is 9.59 Å². The number of likely N-dealkylation sites (tertiary alicyclic amines) is 1. The second-order valence-electron chi connectivity index (χ2n) is 12.0. The van der Waals surface area contributed by atoms with Crippen molar-refractivity contribution in [2.45, 2.75) is 63.8 Å². The molecule has 186 valence electrons. The van der Waals surface area contributed by atoms with Gasteiger partial charge < -0.3 is 9.80 Å². The minimum atomic E-state index is 0.118. The summed E-state index contributed by atoms with van der Waals surface area (Å²) in [6, 6.07) is 16.7. The standard InChI is InChI=1S/C30H39N3O2/c1-29(2)12-13-30(3,4)26-18-22(10-11-25(26)29)19-27(34)33-20-24(21-33)31-14-16-32(17-15-31)28(35)23-8-6-5-7-9-23/h5-11,18,24H,12-17,19-21H2,1-4H3. The summed E-state index contributed by atoms with van der Waals surface area (Å²) in [7, 11) is 0. The first-order valence-corrected chi connectivity index (χ1v) is 13.1. The SMILES string of the molecule is CC1(C)CCC(C)(C)c2cc(CC(=O)N3CC(N4CCN(C(=O)c5ccccc5)CC4)C3)ccc21. The van der Waals surface area contributed by atoms with Crippen LogP contribution >= 0.6 is 0 Å². The van der Waals surface area contributed by atoms with Crippen LogP contribution in [-0.2, 0) is 22.0 Å². The summed E-state index contributed by atoms with van der Waals surface area (Å²) in [5.41, 5.74) is 5.12. The van der Waals surface area contributed by atoms with Crippen LogP contribution in [0.25, 0.3) is 0 Å². The highest BCUT2D eigenvalue weighted by Crippen LogP contribution is 2.46. The maximum absolute atomic E-state index is 13.0. The topological polar surface area (TPSA) is 43.9 Å². The Morgan fingerprint density at radius 2 is 1.43 bits per heavy atom. The Hall–Kier alpha value is -2.66. The van der Waals surface area contributed by atoms with Gasteiger partial charge in [0.05, 0.1) is 6.42 Å². The van der Waals surface area contributed by atoms with Crippen molar-refractivity contribution in [2.24, 2.45) is 0 Å². The Morgan fingerprint density at radius 3 is 2.09 bits per heavy atom. The molecular weight excluding hydrogens is 434 g/mol. The summed E-state index contributed by atoms with van der Waals surface area (Å²) in [4.78, 5) is 32.1. The van der Waals surface area contributed by atoms with E-state index in [0.717, 1.165) is 50.4 Å². The molecule has 2 aromatic rings. The van der Waals surface area contributed by atoms with E-state index < -0.39 is 0 Å². The fourth-order valence-corrected chi connectivity index (χ4v) is 5.98. The normalized spacial score (nSPS) is 21.8. The van der Waals surface area contributed by atoms with Gasteiger partial charge in [0, 0.05) is 50.9 Å². The summed E-state index contributed by atoms with van der Waals surface area (Å²) in [5, 5.41) is 0. The lowest BCUT2D eigenvalue weighted by Crippen LogP contribution is -2.64. The lowest BCUT2D eigenvalue weighted by Gasteiger charge is -2.48. The van der Waals surface area contributed by atoms with Crippen LogP contribution < -0.4 is 0 Å². The van der Waals surface area contributed by atoms with Gasteiger partial charge in [0.25, 0.3) is 5.91 Å². The highest BCUT2D eigenvalue weighted by atomic mass is 16.2. The van der Waals surface area contributed by atoms with Crippen molar-refractivity contribution in [3.8, 4) is 0 Å². The highest BCUT2D eigenvalue weighted by molar-refractivity contribution is 5.94. The van der Waals surface area contributed by atoms with Gasteiger partial charge in [-0.05, 0) is 52.5 Å². The van der Waals surface area contributed by atoms with Gasteiger partial charge in [0.1, 0.15) is 0 Å². The lowest BCUT2D eigenvalue weighted by molar-refractivity contribution is -0.138. The predicted molar refractivity (Wildman–Crippen MR) is 140 cm³/mol. The molecule has 2 aliphatic heterocycles. The lowest BCUT2D eigenvalue weighted by atomic mass is 9.63. The molecular formula is C30H39N3O2. The van der Waals surface area contributed by atoms with E-state index in [0.29, 0.717) is 12.5 Å². The molecule has 5 nitrogen and oxygen atoms in total. The Morgan fingerprint density at radius 1 is 0.800 bits per heavy atom. The molecule has 0 radical (unpaired) electrons. The van der Waals surface area contributed by atoms with E-state index in [-0.39, 0.29) is 22.6 Å². The van der Waals surface area contributed by atoms with Crippen molar-refractivity contribution in [2.75, 3.05) is 39.3 Å². The third kappa shape index (κ3) is 4.75. The van der Waals surface area contributed by atoms with E-state index in [1.54, 1.807) is 0 Å². The number of piperazine rings is 1. The quantitative estimate of drug-likeness (QED) is 0.667. The Kier molecular flexibility index (Phi) is 6.25. The molecule has 2 heterocycles. The molecule has 0 unspecified atom stereocenters. The number of carbonyl (C=O) groups is 2.